The number of hydrogen-bond acceptors (Lipinski definition) is 2. The van der Waals surface area contributed by atoms with Crippen molar-refractivity contribution < 1.29 is 5.11 Å². The van der Waals surface area contributed by atoms with Crippen LogP contribution in [0.3, 0.4) is 0 Å². The summed E-state index contributed by atoms with van der Waals surface area (Å²) in [7, 11) is 0. The molecule has 0 aliphatic carbocycles. The average molecular weight is 157 g/mol. The highest BCUT2D eigenvalue weighted by atomic mass is 16.3. The summed E-state index contributed by atoms with van der Waals surface area (Å²) in [6, 6.07) is 0. The van der Waals surface area contributed by atoms with Gasteiger partial charge in [-0.2, -0.15) is 0 Å². The van der Waals surface area contributed by atoms with Crippen LogP contribution in [0.1, 0.15) is 32.6 Å². The molecule has 0 saturated carbocycles. The lowest BCUT2D eigenvalue weighted by Crippen LogP contribution is -2.15. The predicted octanol–water partition coefficient (Wildman–Crippen LogP) is 1.15. The Morgan fingerprint density at radius 3 is 3.00 bits per heavy atom. The van der Waals surface area contributed by atoms with E-state index in [-0.39, 0.29) is 6.10 Å². The van der Waals surface area contributed by atoms with Gasteiger partial charge in [0.2, 0.25) is 0 Å². The van der Waals surface area contributed by atoms with E-state index in [1.807, 2.05) is 0 Å². The van der Waals surface area contributed by atoms with Crippen LogP contribution < -0.4 is 5.32 Å². The molecule has 2 atom stereocenters. The Hall–Kier alpha value is -0.0800. The summed E-state index contributed by atoms with van der Waals surface area (Å²) in [6.07, 6.45) is 4.27. The number of rotatable bonds is 4. The van der Waals surface area contributed by atoms with Crippen molar-refractivity contribution in [2.75, 3.05) is 13.1 Å². The van der Waals surface area contributed by atoms with E-state index in [1.54, 1.807) is 0 Å². The topological polar surface area (TPSA) is 32.3 Å². The van der Waals surface area contributed by atoms with Crippen LogP contribution >= 0.6 is 0 Å². The van der Waals surface area contributed by atoms with E-state index >= 15 is 0 Å². The minimum Gasteiger partial charge on any atom is -0.393 e. The second-order valence-electron chi connectivity index (χ2n) is 3.54. The van der Waals surface area contributed by atoms with Gasteiger partial charge >= 0.3 is 0 Å². The van der Waals surface area contributed by atoms with Gasteiger partial charge in [-0.25, -0.2) is 0 Å². The van der Waals surface area contributed by atoms with Gasteiger partial charge in [0.25, 0.3) is 0 Å². The molecule has 1 heterocycles. The van der Waals surface area contributed by atoms with Gasteiger partial charge in [0.15, 0.2) is 0 Å². The summed E-state index contributed by atoms with van der Waals surface area (Å²) >= 11 is 0. The first-order valence-electron chi connectivity index (χ1n) is 4.71. The van der Waals surface area contributed by atoms with Crippen LogP contribution in [0.4, 0.5) is 0 Å². The van der Waals surface area contributed by atoms with Crippen molar-refractivity contribution in [1.29, 1.82) is 0 Å². The molecule has 0 spiro atoms. The summed E-state index contributed by atoms with van der Waals surface area (Å²) < 4.78 is 0. The lowest BCUT2D eigenvalue weighted by molar-refractivity contribution is 0.135. The molecule has 0 amide bonds. The van der Waals surface area contributed by atoms with Gasteiger partial charge in [-0.3, -0.25) is 0 Å². The van der Waals surface area contributed by atoms with E-state index in [0.29, 0.717) is 0 Å². The molecule has 2 heteroatoms. The Labute approximate surface area is 69.0 Å². The van der Waals surface area contributed by atoms with Crippen molar-refractivity contribution in [3.63, 3.8) is 0 Å². The molecule has 1 aliphatic rings. The Balaban J connectivity index is 2.08. The van der Waals surface area contributed by atoms with Crippen molar-refractivity contribution in [2.24, 2.45) is 5.92 Å². The second kappa shape index (κ2) is 4.73. The quantitative estimate of drug-likeness (QED) is 0.641. The van der Waals surface area contributed by atoms with E-state index in [9.17, 15) is 5.11 Å². The highest BCUT2D eigenvalue weighted by Gasteiger charge is 2.17. The molecule has 0 radical (unpaired) electrons. The van der Waals surface area contributed by atoms with E-state index < -0.39 is 0 Å². The molecule has 2 nitrogen and oxygen atoms in total. The minimum absolute atomic E-state index is 0.0510. The van der Waals surface area contributed by atoms with Gasteiger partial charge in [-0.15, -0.1) is 0 Å². The molecule has 1 rings (SSSR count). The lowest BCUT2D eigenvalue weighted by Gasteiger charge is -2.13. The maximum absolute atomic E-state index is 9.48. The largest absolute Gasteiger partial charge is 0.393 e. The third-order valence-corrected chi connectivity index (χ3v) is 2.39. The Bertz CT molecular complexity index is 99.7. The molecule has 1 fully saturated rings. The first-order chi connectivity index (χ1) is 5.33. The van der Waals surface area contributed by atoms with E-state index in [4.69, 9.17) is 0 Å². The zero-order valence-electron chi connectivity index (χ0n) is 7.34. The van der Waals surface area contributed by atoms with Crippen LogP contribution in [0.15, 0.2) is 0 Å². The summed E-state index contributed by atoms with van der Waals surface area (Å²) in [4.78, 5) is 0. The summed E-state index contributed by atoms with van der Waals surface area (Å²) in [5.74, 6) is 0.733. The first kappa shape index (κ1) is 9.01. The minimum atomic E-state index is -0.0510. The molecule has 0 bridgehead atoms. The number of aliphatic hydroxyl groups is 1. The third-order valence-electron chi connectivity index (χ3n) is 2.39. The third kappa shape index (κ3) is 3.21. The SMILES string of the molecule is CCCC(O)CC1CCNC1. The standard InChI is InChI=1S/C9H19NO/c1-2-3-9(11)6-8-4-5-10-7-8/h8-11H,2-7H2,1H3. The zero-order valence-corrected chi connectivity index (χ0v) is 7.34. The van der Waals surface area contributed by atoms with Crippen molar-refractivity contribution in [2.45, 2.75) is 38.7 Å². The summed E-state index contributed by atoms with van der Waals surface area (Å²) in [6.45, 7) is 4.38. The average Bonchev–Trinajstić information content (AvgIpc) is 2.40. The molecule has 11 heavy (non-hydrogen) atoms. The number of hydrogen-bond donors (Lipinski definition) is 2. The summed E-state index contributed by atoms with van der Waals surface area (Å²) in [5.41, 5.74) is 0. The molecule has 0 aromatic heterocycles. The Morgan fingerprint density at radius 2 is 2.45 bits per heavy atom. The fourth-order valence-corrected chi connectivity index (χ4v) is 1.75. The van der Waals surface area contributed by atoms with Gasteiger partial charge in [0, 0.05) is 0 Å². The fraction of sp³-hybridized carbons (Fsp3) is 1.00. The maximum atomic E-state index is 9.48. The Kier molecular flexibility index (Phi) is 3.87. The normalized spacial score (nSPS) is 27.3. The second-order valence-corrected chi connectivity index (χ2v) is 3.54. The molecule has 66 valence electrons. The van der Waals surface area contributed by atoms with E-state index in [1.165, 1.54) is 6.42 Å². The van der Waals surface area contributed by atoms with Crippen molar-refractivity contribution in [1.82, 2.24) is 5.32 Å². The van der Waals surface area contributed by atoms with Crippen LogP contribution in [0.25, 0.3) is 0 Å². The highest BCUT2D eigenvalue weighted by Crippen LogP contribution is 2.16. The van der Waals surface area contributed by atoms with Crippen molar-refractivity contribution in [3.05, 3.63) is 0 Å². The van der Waals surface area contributed by atoms with Gasteiger partial charge in [-0.1, -0.05) is 13.3 Å². The smallest absolute Gasteiger partial charge is 0.0543 e. The molecule has 0 aromatic rings. The van der Waals surface area contributed by atoms with Gasteiger partial charge in [0.1, 0.15) is 0 Å². The van der Waals surface area contributed by atoms with Gasteiger partial charge < -0.3 is 10.4 Å². The molecular formula is C9H19NO. The highest BCUT2D eigenvalue weighted by molar-refractivity contribution is 4.73. The van der Waals surface area contributed by atoms with Crippen LogP contribution in [0.2, 0.25) is 0 Å². The van der Waals surface area contributed by atoms with Crippen LogP contribution in [0.5, 0.6) is 0 Å². The Morgan fingerprint density at radius 1 is 1.64 bits per heavy atom. The molecule has 2 unspecified atom stereocenters. The zero-order chi connectivity index (χ0) is 8.10. The van der Waals surface area contributed by atoms with E-state index in [0.717, 1.165) is 38.3 Å². The molecule has 1 aliphatic heterocycles. The molecular weight excluding hydrogens is 138 g/mol. The van der Waals surface area contributed by atoms with Crippen molar-refractivity contribution >= 4 is 0 Å². The van der Waals surface area contributed by atoms with E-state index in [2.05, 4.69) is 12.2 Å². The van der Waals surface area contributed by atoms with Crippen LogP contribution in [0, 0.1) is 5.92 Å². The first-order valence-corrected chi connectivity index (χ1v) is 4.71. The molecule has 2 N–H and O–H groups in total. The molecule has 0 aromatic carbocycles. The van der Waals surface area contributed by atoms with Crippen LogP contribution in [-0.4, -0.2) is 24.3 Å². The maximum Gasteiger partial charge on any atom is 0.0543 e. The lowest BCUT2D eigenvalue weighted by atomic mass is 9.98. The van der Waals surface area contributed by atoms with Crippen LogP contribution in [-0.2, 0) is 0 Å². The number of nitrogens with one attached hydrogen (secondary N) is 1. The summed E-state index contributed by atoms with van der Waals surface area (Å²) in [5, 5.41) is 12.8. The van der Waals surface area contributed by atoms with Crippen molar-refractivity contribution in [3.8, 4) is 0 Å². The van der Waals surface area contributed by atoms with Gasteiger partial charge in [-0.05, 0) is 38.3 Å². The molecule has 1 saturated heterocycles. The fourth-order valence-electron chi connectivity index (χ4n) is 1.75. The monoisotopic (exact) mass is 157 g/mol. The van der Waals surface area contributed by atoms with Gasteiger partial charge in [0.05, 0.1) is 6.10 Å². The predicted molar refractivity (Wildman–Crippen MR) is 46.5 cm³/mol. The number of aliphatic hydroxyl groups excluding tert-OH is 1.